The summed E-state index contributed by atoms with van der Waals surface area (Å²) in [7, 11) is 3.68. The van der Waals surface area contributed by atoms with Crippen LogP contribution in [0.25, 0.3) is 32.1 Å². The van der Waals surface area contributed by atoms with Crippen molar-refractivity contribution in [1.82, 2.24) is 14.7 Å². The lowest BCUT2D eigenvalue weighted by molar-refractivity contribution is 0.241. The van der Waals surface area contributed by atoms with E-state index in [9.17, 15) is 4.79 Å². The van der Waals surface area contributed by atoms with Crippen molar-refractivity contribution in [3.05, 3.63) is 94.1 Å². The van der Waals surface area contributed by atoms with Crippen LogP contribution < -0.4 is 10.3 Å². The van der Waals surface area contributed by atoms with E-state index in [0.29, 0.717) is 18.6 Å². The largest absolute Gasteiger partial charge is 0.497 e. The zero-order chi connectivity index (χ0) is 22.1. The van der Waals surface area contributed by atoms with Gasteiger partial charge in [-0.15, -0.1) is 11.3 Å². The summed E-state index contributed by atoms with van der Waals surface area (Å²) >= 11 is 1.63. The smallest absolute Gasteiger partial charge is 0.275 e. The normalized spacial score (nSPS) is 11.5. The molecule has 6 heteroatoms. The van der Waals surface area contributed by atoms with Crippen LogP contribution in [0.3, 0.4) is 0 Å². The van der Waals surface area contributed by atoms with Gasteiger partial charge >= 0.3 is 0 Å². The Morgan fingerprint density at radius 2 is 1.75 bits per heavy atom. The van der Waals surface area contributed by atoms with Crippen LogP contribution in [0.15, 0.2) is 83.0 Å². The fraction of sp³-hybridized carbons (Fsp3) is 0.154. The van der Waals surface area contributed by atoms with Crippen molar-refractivity contribution in [2.75, 3.05) is 14.2 Å². The van der Waals surface area contributed by atoms with Crippen molar-refractivity contribution in [1.29, 1.82) is 0 Å². The number of methoxy groups -OCH3 is 1. The van der Waals surface area contributed by atoms with Crippen molar-refractivity contribution in [3.8, 4) is 16.3 Å². The minimum atomic E-state index is -0.0710. The third-order valence-corrected chi connectivity index (χ3v) is 6.44. The number of rotatable bonds is 6. The first kappa shape index (κ1) is 20.4. The third kappa shape index (κ3) is 3.90. The first-order valence-electron chi connectivity index (χ1n) is 10.4. The minimum Gasteiger partial charge on any atom is -0.497 e. The van der Waals surface area contributed by atoms with E-state index >= 15 is 0 Å². The van der Waals surface area contributed by atoms with E-state index in [0.717, 1.165) is 32.5 Å². The summed E-state index contributed by atoms with van der Waals surface area (Å²) in [5.41, 5.74) is 1.96. The molecule has 3 aromatic carbocycles. The van der Waals surface area contributed by atoms with Gasteiger partial charge in [-0.05, 0) is 59.1 Å². The predicted molar refractivity (Wildman–Crippen MR) is 131 cm³/mol. The maximum absolute atomic E-state index is 13.1. The van der Waals surface area contributed by atoms with Crippen molar-refractivity contribution < 1.29 is 4.74 Å². The summed E-state index contributed by atoms with van der Waals surface area (Å²) < 4.78 is 6.89. The zero-order valence-electron chi connectivity index (χ0n) is 18.0. The van der Waals surface area contributed by atoms with Gasteiger partial charge in [0.25, 0.3) is 5.56 Å². The minimum absolute atomic E-state index is 0.0710. The number of hydrogen-bond donors (Lipinski definition) is 0. The Kier molecular flexibility index (Phi) is 5.47. The van der Waals surface area contributed by atoms with Crippen LogP contribution in [-0.4, -0.2) is 28.8 Å². The van der Waals surface area contributed by atoms with Gasteiger partial charge in [0.05, 0.1) is 24.0 Å². The molecule has 2 heterocycles. The van der Waals surface area contributed by atoms with Crippen LogP contribution in [0.1, 0.15) is 5.56 Å². The van der Waals surface area contributed by atoms with Crippen molar-refractivity contribution in [3.63, 3.8) is 0 Å². The van der Waals surface area contributed by atoms with Gasteiger partial charge in [-0.25, -0.2) is 4.68 Å². The third-order valence-electron chi connectivity index (χ3n) is 5.56. The van der Waals surface area contributed by atoms with Crippen LogP contribution >= 0.6 is 11.3 Å². The second kappa shape index (κ2) is 8.57. The van der Waals surface area contributed by atoms with Gasteiger partial charge < -0.3 is 4.74 Å². The summed E-state index contributed by atoms with van der Waals surface area (Å²) in [5, 5.41) is 10.7. The molecule has 160 valence electrons. The second-order valence-corrected chi connectivity index (χ2v) is 8.83. The average molecular weight is 442 g/mol. The molecule has 2 aromatic heterocycles. The van der Waals surface area contributed by atoms with Gasteiger partial charge in [-0.2, -0.15) is 5.10 Å². The van der Waals surface area contributed by atoms with Gasteiger partial charge in [-0.3, -0.25) is 9.69 Å². The standard InChI is InChI=1S/C26H23N3O2S/c1-28(16-18-9-10-20-15-21(31-2)12-11-19(20)14-18)17-29-26(30)23-7-4-3-6-22(23)25(27-29)24-8-5-13-32-24/h3-15H,16-17H2,1-2H3. The quantitative estimate of drug-likeness (QED) is 0.355. The molecule has 32 heavy (non-hydrogen) atoms. The van der Waals surface area contributed by atoms with E-state index in [1.165, 1.54) is 5.56 Å². The van der Waals surface area contributed by atoms with Crippen molar-refractivity contribution >= 4 is 32.9 Å². The van der Waals surface area contributed by atoms with E-state index < -0.39 is 0 Å². The molecule has 0 amide bonds. The van der Waals surface area contributed by atoms with Crippen molar-refractivity contribution in [2.45, 2.75) is 13.2 Å². The highest BCUT2D eigenvalue weighted by atomic mass is 32.1. The van der Waals surface area contributed by atoms with E-state index in [4.69, 9.17) is 9.84 Å². The summed E-state index contributed by atoms with van der Waals surface area (Å²) in [5.74, 6) is 0.852. The van der Waals surface area contributed by atoms with Gasteiger partial charge in [0.1, 0.15) is 11.4 Å². The second-order valence-electron chi connectivity index (χ2n) is 7.88. The molecule has 0 aliphatic carbocycles. The maximum Gasteiger partial charge on any atom is 0.275 e. The number of nitrogens with zero attached hydrogens (tertiary/aromatic N) is 3. The zero-order valence-corrected chi connectivity index (χ0v) is 18.8. The van der Waals surface area contributed by atoms with E-state index in [1.54, 1.807) is 23.1 Å². The maximum atomic E-state index is 13.1. The Morgan fingerprint density at radius 1 is 0.969 bits per heavy atom. The first-order valence-corrected chi connectivity index (χ1v) is 11.3. The Labute approximate surface area is 190 Å². The van der Waals surface area contributed by atoms with Gasteiger partial charge in [0.2, 0.25) is 0 Å². The summed E-state index contributed by atoms with van der Waals surface area (Å²) in [4.78, 5) is 16.3. The van der Waals surface area contributed by atoms with Crippen molar-refractivity contribution in [2.24, 2.45) is 0 Å². The highest BCUT2D eigenvalue weighted by Gasteiger charge is 2.14. The number of fused-ring (bicyclic) bond motifs is 2. The van der Waals surface area contributed by atoms with E-state index in [1.807, 2.05) is 61.0 Å². The van der Waals surface area contributed by atoms with Crippen LogP contribution in [0, 0.1) is 0 Å². The number of hydrogen-bond acceptors (Lipinski definition) is 5. The number of aromatic nitrogens is 2. The lowest BCUT2D eigenvalue weighted by atomic mass is 10.1. The molecule has 0 radical (unpaired) electrons. The number of benzene rings is 3. The SMILES string of the molecule is COc1ccc2cc(CN(C)Cn3nc(-c4cccs4)c4ccccc4c3=O)ccc2c1. The molecule has 0 atom stereocenters. The van der Waals surface area contributed by atoms with E-state index in [-0.39, 0.29) is 5.56 Å². The molecular weight excluding hydrogens is 418 g/mol. The van der Waals surface area contributed by atoms with Crippen LogP contribution in [0.4, 0.5) is 0 Å². The lowest BCUT2D eigenvalue weighted by Gasteiger charge is -2.19. The average Bonchev–Trinajstić information content (AvgIpc) is 3.35. The fourth-order valence-electron chi connectivity index (χ4n) is 4.02. The molecule has 5 aromatic rings. The molecule has 5 rings (SSSR count). The fourth-order valence-corrected chi connectivity index (χ4v) is 4.74. The van der Waals surface area contributed by atoms with E-state index in [2.05, 4.69) is 29.2 Å². The molecule has 0 saturated carbocycles. The number of thiophene rings is 1. The van der Waals surface area contributed by atoms with Crippen LogP contribution in [0.5, 0.6) is 5.75 Å². The molecule has 5 nitrogen and oxygen atoms in total. The monoisotopic (exact) mass is 441 g/mol. The molecule has 0 bridgehead atoms. The van der Waals surface area contributed by atoms with Gasteiger partial charge in [0.15, 0.2) is 0 Å². The van der Waals surface area contributed by atoms with Crippen LogP contribution in [0.2, 0.25) is 0 Å². The molecule has 0 N–H and O–H groups in total. The summed E-state index contributed by atoms with van der Waals surface area (Å²) in [6.45, 7) is 1.11. The molecule has 0 fully saturated rings. The molecular formula is C26H23N3O2S. The summed E-state index contributed by atoms with van der Waals surface area (Å²) in [6.07, 6.45) is 0. The lowest BCUT2D eigenvalue weighted by Crippen LogP contribution is -2.31. The van der Waals surface area contributed by atoms with Crippen LogP contribution in [-0.2, 0) is 13.2 Å². The molecule has 0 saturated heterocycles. The Bertz CT molecular complexity index is 1460. The Balaban J connectivity index is 1.45. The molecule has 0 unspecified atom stereocenters. The van der Waals surface area contributed by atoms with Gasteiger partial charge in [0, 0.05) is 11.9 Å². The summed E-state index contributed by atoms with van der Waals surface area (Å²) in [6, 6.07) is 24.2. The van der Waals surface area contributed by atoms with Gasteiger partial charge in [-0.1, -0.05) is 42.5 Å². The predicted octanol–water partition coefficient (Wildman–Crippen LogP) is 5.38. The molecule has 0 aliphatic heterocycles. The number of ether oxygens (including phenoxy) is 1. The first-order chi connectivity index (χ1) is 15.6. The Morgan fingerprint density at radius 3 is 2.53 bits per heavy atom. The molecule has 0 aliphatic rings. The topological polar surface area (TPSA) is 47.4 Å². The Hall–Kier alpha value is -3.48. The highest BCUT2D eigenvalue weighted by molar-refractivity contribution is 7.13. The molecule has 0 spiro atoms. The highest BCUT2D eigenvalue weighted by Crippen LogP contribution is 2.28.